The highest BCUT2D eigenvalue weighted by Crippen LogP contribution is 2.28. The van der Waals surface area contributed by atoms with Crippen molar-refractivity contribution in [2.24, 2.45) is 0 Å². The number of rotatable bonds is 1. The van der Waals surface area contributed by atoms with Gasteiger partial charge in [0.05, 0.1) is 0 Å². The van der Waals surface area contributed by atoms with Gasteiger partial charge in [0.15, 0.2) is 0 Å². The number of halogens is 2. The third kappa shape index (κ3) is 2.49. The van der Waals surface area contributed by atoms with E-state index in [2.05, 4.69) is 43.5 Å². The van der Waals surface area contributed by atoms with Gasteiger partial charge in [-0.1, -0.05) is 42.7 Å². The molecule has 1 aromatic carbocycles. The van der Waals surface area contributed by atoms with Crippen LogP contribution in [-0.4, -0.2) is 0 Å². The summed E-state index contributed by atoms with van der Waals surface area (Å²) in [7, 11) is 1.43. The highest BCUT2D eigenvalue weighted by Gasteiger charge is 1.94. The maximum atomic E-state index is 4.08. The fourth-order valence-corrected chi connectivity index (χ4v) is 2.85. The SMILES string of the molecule is SSc1cc(Br)cc(Br)c1. The summed E-state index contributed by atoms with van der Waals surface area (Å²) in [5.74, 6) is 0. The van der Waals surface area contributed by atoms with Crippen LogP contribution in [0.3, 0.4) is 0 Å². The zero-order valence-corrected chi connectivity index (χ0v) is 9.73. The van der Waals surface area contributed by atoms with Gasteiger partial charge in [0.2, 0.25) is 0 Å². The second kappa shape index (κ2) is 4.04. The molecule has 0 unspecified atom stereocenters. The molecule has 1 rings (SSSR count). The van der Waals surface area contributed by atoms with Crippen molar-refractivity contribution in [1.29, 1.82) is 0 Å². The molecule has 0 spiro atoms. The monoisotopic (exact) mass is 298 g/mol. The van der Waals surface area contributed by atoms with Crippen LogP contribution in [0.25, 0.3) is 0 Å². The molecule has 0 saturated heterocycles. The predicted octanol–water partition coefficient (Wildman–Crippen LogP) is 4.15. The van der Waals surface area contributed by atoms with Crippen molar-refractivity contribution in [2.75, 3.05) is 0 Å². The van der Waals surface area contributed by atoms with Gasteiger partial charge in [-0.3, -0.25) is 0 Å². The second-order valence-corrected chi connectivity index (χ2v) is 4.73. The van der Waals surface area contributed by atoms with E-state index in [0.717, 1.165) is 13.8 Å². The largest absolute Gasteiger partial charge is 0.106 e. The molecule has 4 heteroatoms. The summed E-state index contributed by atoms with van der Waals surface area (Å²) in [5, 5.41) is 0. The van der Waals surface area contributed by atoms with Gasteiger partial charge >= 0.3 is 0 Å². The molecule has 0 aliphatic heterocycles. The lowest BCUT2D eigenvalue weighted by Gasteiger charge is -1.96. The number of benzene rings is 1. The van der Waals surface area contributed by atoms with Gasteiger partial charge in [-0.15, -0.1) is 11.7 Å². The van der Waals surface area contributed by atoms with Gasteiger partial charge in [-0.25, -0.2) is 0 Å². The average Bonchev–Trinajstić information content (AvgIpc) is 1.85. The molecule has 10 heavy (non-hydrogen) atoms. The van der Waals surface area contributed by atoms with Crippen LogP contribution in [-0.2, 0) is 0 Å². The van der Waals surface area contributed by atoms with Gasteiger partial charge in [-0.2, -0.15) is 0 Å². The average molecular weight is 300 g/mol. The zero-order valence-electron chi connectivity index (χ0n) is 4.84. The van der Waals surface area contributed by atoms with Gasteiger partial charge in [0.1, 0.15) is 0 Å². The van der Waals surface area contributed by atoms with Crippen molar-refractivity contribution >= 4 is 54.3 Å². The second-order valence-electron chi connectivity index (χ2n) is 1.70. The van der Waals surface area contributed by atoms with E-state index in [9.17, 15) is 0 Å². The molecule has 0 aliphatic carbocycles. The van der Waals surface area contributed by atoms with E-state index in [1.54, 1.807) is 0 Å². The Labute approximate surface area is 85.8 Å². The Hall–Kier alpha value is 0.880. The molecule has 0 saturated carbocycles. The Bertz CT molecular complexity index is 217. The summed E-state index contributed by atoms with van der Waals surface area (Å²) in [4.78, 5) is 1.13. The summed E-state index contributed by atoms with van der Waals surface area (Å²) in [6.45, 7) is 0. The Morgan fingerprint density at radius 3 is 2.00 bits per heavy atom. The van der Waals surface area contributed by atoms with E-state index < -0.39 is 0 Å². The predicted molar refractivity (Wildman–Crippen MR) is 56.7 cm³/mol. The molecule has 0 fully saturated rings. The minimum absolute atomic E-state index is 1.07. The fraction of sp³-hybridized carbons (Fsp3) is 0. The third-order valence-corrected chi connectivity index (χ3v) is 2.94. The van der Waals surface area contributed by atoms with Crippen molar-refractivity contribution in [3.8, 4) is 0 Å². The van der Waals surface area contributed by atoms with E-state index >= 15 is 0 Å². The highest BCUT2D eigenvalue weighted by atomic mass is 79.9. The lowest BCUT2D eigenvalue weighted by atomic mass is 10.4. The molecule has 0 nitrogen and oxygen atoms in total. The Morgan fingerprint density at radius 2 is 1.60 bits per heavy atom. The summed E-state index contributed by atoms with van der Waals surface area (Å²) < 4.78 is 2.14. The molecular formula is C6H4Br2S2. The molecular weight excluding hydrogens is 296 g/mol. The minimum Gasteiger partial charge on any atom is -0.106 e. The molecule has 0 bridgehead atoms. The van der Waals surface area contributed by atoms with E-state index in [1.807, 2.05) is 18.2 Å². The van der Waals surface area contributed by atoms with Crippen LogP contribution >= 0.6 is 54.3 Å². The van der Waals surface area contributed by atoms with Gasteiger partial charge in [0, 0.05) is 13.8 Å². The first-order valence-corrected chi connectivity index (χ1v) is 5.95. The van der Waals surface area contributed by atoms with E-state index in [0.29, 0.717) is 0 Å². The molecule has 0 heterocycles. The number of hydrogen-bond acceptors (Lipinski definition) is 2. The molecule has 0 amide bonds. The summed E-state index contributed by atoms with van der Waals surface area (Å²) in [6, 6.07) is 6.03. The lowest BCUT2D eigenvalue weighted by molar-refractivity contribution is 1.42. The summed E-state index contributed by atoms with van der Waals surface area (Å²) in [5.41, 5.74) is 0. The summed E-state index contributed by atoms with van der Waals surface area (Å²) >= 11 is 10.8. The Morgan fingerprint density at radius 1 is 1.10 bits per heavy atom. The van der Waals surface area contributed by atoms with Crippen LogP contribution in [0, 0.1) is 0 Å². The van der Waals surface area contributed by atoms with Crippen LogP contribution in [0.2, 0.25) is 0 Å². The number of hydrogen-bond donors (Lipinski definition) is 1. The maximum Gasteiger partial charge on any atom is 0.0202 e. The van der Waals surface area contributed by atoms with Crippen LogP contribution in [0.15, 0.2) is 32.0 Å². The molecule has 54 valence electrons. The highest BCUT2D eigenvalue weighted by molar-refractivity contribution is 9.11. The van der Waals surface area contributed by atoms with Gasteiger partial charge < -0.3 is 0 Å². The van der Waals surface area contributed by atoms with Gasteiger partial charge in [-0.05, 0) is 18.2 Å². The first-order chi connectivity index (χ1) is 4.72. The standard InChI is InChI=1S/C6H4Br2S2/c7-4-1-5(8)3-6(2-4)10-9/h1-3,9H. The van der Waals surface area contributed by atoms with Crippen LogP contribution in [0.1, 0.15) is 0 Å². The quantitative estimate of drug-likeness (QED) is 0.600. The lowest BCUT2D eigenvalue weighted by Crippen LogP contribution is -1.69. The van der Waals surface area contributed by atoms with Crippen molar-refractivity contribution in [3.63, 3.8) is 0 Å². The summed E-state index contributed by atoms with van der Waals surface area (Å²) in [6.07, 6.45) is 0. The number of thiol groups is 1. The van der Waals surface area contributed by atoms with E-state index in [4.69, 9.17) is 0 Å². The van der Waals surface area contributed by atoms with Crippen LogP contribution < -0.4 is 0 Å². The first-order valence-electron chi connectivity index (χ1n) is 2.50. The maximum absolute atomic E-state index is 4.08. The first kappa shape index (κ1) is 8.97. The van der Waals surface area contributed by atoms with Crippen molar-refractivity contribution in [3.05, 3.63) is 27.1 Å². The van der Waals surface area contributed by atoms with Crippen molar-refractivity contribution in [1.82, 2.24) is 0 Å². The van der Waals surface area contributed by atoms with Crippen molar-refractivity contribution in [2.45, 2.75) is 4.90 Å². The van der Waals surface area contributed by atoms with E-state index in [-0.39, 0.29) is 0 Å². The molecule has 0 atom stereocenters. The van der Waals surface area contributed by atoms with Crippen LogP contribution in [0.5, 0.6) is 0 Å². The van der Waals surface area contributed by atoms with Crippen molar-refractivity contribution < 1.29 is 0 Å². The molecule has 1 aromatic rings. The molecule has 0 aliphatic rings. The topological polar surface area (TPSA) is 0 Å². The molecule has 0 aromatic heterocycles. The zero-order chi connectivity index (χ0) is 7.56. The fourth-order valence-electron chi connectivity index (χ4n) is 0.581. The van der Waals surface area contributed by atoms with E-state index in [1.165, 1.54) is 10.8 Å². The Balaban J connectivity index is 3.06. The molecule has 0 N–H and O–H groups in total. The Kier molecular flexibility index (Phi) is 3.63. The van der Waals surface area contributed by atoms with Crippen LogP contribution in [0.4, 0.5) is 0 Å². The minimum atomic E-state index is 1.07. The third-order valence-electron chi connectivity index (χ3n) is 0.941. The molecule has 0 radical (unpaired) electrons. The normalized spacial score (nSPS) is 9.90. The smallest absolute Gasteiger partial charge is 0.0202 e. The van der Waals surface area contributed by atoms with Gasteiger partial charge in [0.25, 0.3) is 0 Å².